The van der Waals surface area contributed by atoms with Gasteiger partial charge in [0.1, 0.15) is 11.7 Å². The van der Waals surface area contributed by atoms with E-state index in [0.717, 1.165) is 38.5 Å². The molecule has 0 aromatic heterocycles. The van der Waals surface area contributed by atoms with Crippen molar-refractivity contribution < 1.29 is 19.1 Å². The van der Waals surface area contributed by atoms with Crippen LogP contribution in [0.2, 0.25) is 0 Å². The van der Waals surface area contributed by atoms with Crippen molar-refractivity contribution in [3.8, 4) is 0 Å². The highest BCUT2D eigenvalue weighted by Gasteiger charge is 2.78. The third-order valence-corrected chi connectivity index (χ3v) is 9.05. The van der Waals surface area contributed by atoms with Crippen LogP contribution in [0.5, 0.6) is 0 Å². The molecule has 0 aromatic carbocycles. The fourth-order valence-electron chi connectivity index (χ4n) is 7.64. The Hall–Kier alpha value is -1.16. The number of allylic oxidation sites excluding steroid dienone is 2. The van der Waals surface area contributed by atoms with Crippen molar-refractivity contribution in [2.75, 3.05) is 0 Å². The lowest BCUT2D eigenvalue weighted by atomic mass is 9.47. The van der Waals surface area contributed by atoms with Gasteiger partial charge in [-0.25, -0.2) is 0 Å². The molecule has 4 fully saturated rings. The van der Waals surface area contributed by atoms with Gasteiger partial charge in [0.2, 0.25) is 0 Å². The Morgan fingerprint density at radius 1 is 1.19 bits per heavy atom. The molecule has 4 nitrogen and oxygen atoms in total. The average molecular weight is 373 g/mol. The van der Waals surface area contributed by atoms with Gasteiger partial charge in [-0.3, -0.25) is 9.59 Å². The molecule has 1 saturated heterocycles. The molecular weight excluding hydrogens is 340 g/mol. The van der Waals surface area contributed by atoms with E-state index in [9.17, 15) is 9.59 Å². The van der Waals surface area contributed by atoms with Crippen molar-refractivity contribution in [3.63, 3.8) is 0 Å². The van der Waals surface area contributed by atoms with Crippen molar-refractivity contribution in [3.05, 3.63) is 11.6 Å². The fraction of sp³-hybridized carbons (Fsp3) is 0.826. The Morgan fingerprint density at radius 3 is 2.78 bits per heavy atom. The topological polar surface area (TPSA) is 55.9 Å². The lowest BCUT2D eigenvalue weighted by molar-refractivity contribution is -0.149. The van der Waals surface area contributed by atoms with Gasteiger partial charge in [0, 0.05) is 13.3 Å². The van der Waals surface area contributed by atoms with E-state index in [2.05, 4.69) is 6.92 Å². The van der Waals surface area contributed by atoms with Crippen LogP contribution in [-0.2, 0) is 19.1 Å². The number of carbonyl (C=O) groups is 2. The number of rotatable bonds is 2. The number of fused-ring (bicyclic) bond motifs is 3. The highest BCUT2D eigenvalue weighted by Crippen LogP contribution is 2.73. The maximum Gasteiger partial charge on any atom is 0.302 e. The zero-order chi connectivity index (χ0) is 19.0. The summed E-state index contributed by atoms with van der Waals surface area (Å²) in [6.45, 7) is 5.97. The second-order valence-electron chi connectivity index (χ2n) is 10.1. The summed E-state index contributed by atoms with van der Waals surface area (Å²) in [5.74, 6) is 1.86. The molecule has 4 heteroatoms. The van der Waals surface area contributed by atoms with Crippen LogP contribution in [0.3, 0.4) is 0 Å². The molecule has 27 heavy (non-hydrogen) atoms. The zero-order valence-electron chi connectivity index (χ0n) is 16.9. The first kappa shape index (κ1) is 17.9. The van der Waals surface area contributed by atoms with Gasteiger partial charge < -0.3 is 9.47 Å². The number of hydrogen-bond donors (Lipinski definition) is 0. The van der Waals surface area contributed by atoms with Crippen LogP contribution in [0.15, 0.2) is 11.6 Å². The summed E-state index contributed by atoms with van der Waals surface area (Å²) in [6.07, 6.45) is 11.5. The van der Waals surface area contributed by atoms with Gasteiger partial charge in [-0.2, -0.15) is 0 Å². The summed E-state index contributed by atoms with van der Waals surface area (Å²) >= 11 is 0. The molecule has 1 aliphatic heterocycles. The van der Waals surface area contributed by atoms with E-state index in [1.165, 1.54) is 25.3 Å². The maximum atomic E-state index is 12.0. The molecule has 0 spiro atoms. The van der Waals surface area contributed by atoms with Gasteiger partial charge in [-0.15, -0.1) is 0 Å². The highest BCUT2D eigenvalue weighted by atomic mass is 16.6. The Balaban J connectivity index is 1.38. The Kier molecular flexibility index (Phi) is 3.77. The summed E-state index contributed by atoms with van der Waals surface area (Å²) < 4.78 is 12.2. The minimum atomic E-state index is -0.177. The zero-order valence-corrected chi connectivity index (χ0v) is 16.9. The van der Waals surface area contributed by atoms with Gasteiger partial charge >= 0.3 is 5.97 Å². The molecule has 0 N–H and O–H groups in total. The predicted molar refractivity (Wildman–Crippen MR) is 101 cm³/mol. The standard InChI is InChI=1S/C23H32O4/c1-14(26-15(2)24)16-6-11-23-20-5-4-17-12-18(25)7-9-21(17,3)19(20)8-10-22(23,13-16)27-23/h12,14,16,19-20H,4-11,13H2,1-3H3/t14-,16+,19+,20-,21+,22+,23+/m1/s1. The SMILES string of the molecule is CC(=O)O[C@H](C)[C@H]1CC[C@@]23O[C@@]2(CC[C@H]2[C@H]3CCC3=CC(=O)CC[C@@]32C)C1. The third-order valence-electron chi connectivity index (χ3n) is 9.05. The maximum absolute atomic E-state index is 12.0. The second kappa shape index (κ2) is 5.68. The molecule has 5 aliphatic rings. The number of ether oxygens (including phenoxy) is 2. The second-order valence-corrected chi connectivity index (χ2v) is 10.1. The van der Waals surface area contributed by atoms with Crippen molar-refractivity contribution in [2.45, 2.75) is 95.9 Å². The summed E-state index contributed by atoms with van der Waals surface area (Å²) in [5.41, 5.74) is 1.72. The molecule has 0 amide bonds. The molecule has 148 valence electrons. The number of ketones is 1. The van der Waals surface area contributed by atoms with E-state index in [1.54, 1.807) is 0 Å². The molecule has 1 heterocycles. The highest BCUT2D eigenvalue weighted by molar-refractivity contribution is 5.91. The molecule has 0 bridgehead atoms. The average Bonchev–Trinajstić information content (AvgIpc) is 3.31. The molecule has 7 atom stereocenters. The normalized spacial score (nSPS) is 48.9. The lowest BCUT2D eigenvalue weighted by Crippen LogP contribution is -2.54. The van der Waals surface area contributed by atoms with Crippen LogP contribution in [0.1, 0.15) is 78.6 Å². The Bertz CT molecular complexity index is 726. The van der Waals surface area contributed by atoms with Crippen molar-refractivity contribution >= 4 is 11.8 Å². The van der Waals surface area contributed by atoms with Crippen LogP contribution >= 0.6 is 0 Å². The Morgan fingerprint density at radius 2 is 2.00 bits per heavy atom. The van der Waals surface area contributed by atoms with Crippen LogP contribution in [0.4, 0.5) is 0 Å². The molecule has 5 rings (SSSR count). The minimum absolute atomic E-state index is 0.0143. The molecule has 0 radical (unpaired) electrons. The van der Waals surface area contributed by atoms with Crippen LogP contribution in [-0.4, -0.2) is 29.1 Å². The quantitative estimate of drug-likeness (QED) is 0.534. The first-order valence-corrected chi connectivity index (χ1v) is 10.9. The van der Waals surface area contributed by atoms with Gasteiger partial charge in [0.05, 0.1) is 5.60 Å². The lowest BCUT2D eigenvalue weighted by Gasteiger charge is -2.55. The molecule has 3 saturated carbocycles. The van der Waals surface area contributed by atoms with Crippen molar-refractivity contribution in [1.82, 2.24) is 0 Å². The summed E-state index contributed by atoms with van der Waals surface area (Å²) in [6, 6.07) is 0. The van der Waals surface area contributed by atoms with E-state index in [-0.39, 0.29) is 28.7 Å². The van der Waals surface area contributed by atoms with E-state index < -0.39 is 0 Å². The van der Waals surface area contributed by atoms with Gasteiger partial charge in [0.15, 0.2) is 5.78 Å². The number of hydrogen-bond acceptors (Lipinski definition) is 4. The van der Waals surface area contributed by atoms with Crippen LogP contribution < -0.4 is 0 Å². The van der Waals surface area contributed by atoms with E-state index in [1.807, 2.05) is 13.0 Å². The van der Waals surface area contributed by atoms with Crippen LogP contribution in [0, 0.1) is 23.2 Å². The van der Waals surface area contributed by atoms with Gasteiger partial charge in [-0.05, 0) is 87.5 Å². The molecule has 4 aliphatic carbocycles. The fourth-order valence-corrected chi connectivity index (χ4v) is 7.64. The Labute approximate surface area is 162 Å². The molecular formula is C23H32O4. The first-order valence-electron chi connectivity index (χ1n) is 10.9. The summed E-state index contributed by atoms with van der Waals surface area (Å²) in [4.78, 5) is 23.3. The van der Waals surface area contributed by atoms with Gasteiger partial charge in [-0.1, -0.05) is 12.5 Å². The van der Waals surface area contributed by atoms with E-state index >= 15 is 0 Å². The monoisotopic (exact) mass is 372 g/mol. The minimum Gasteiger partial charge on any atom is -0.463 e. The molecule has 0 aromatic rings. The van der Waals surface area contributed by atoms with Gasteiger partial charge in [0.25, 0.3) is 0 Å². The first-order chi connectivity index (χ1) is 12.8. The smallest absolute Gasteiger partial charge is 0.302 e. The van der Waals surface area contributed by atoms with Crippen molar-refractivity contribution in [1.29, 1.82) is 0 Å². The predicted octanol–water partition coefficient (Wildman–Crippen LogP) is 4.36. The van der Waals surface area contributed by atoms with E-state index in [4.69, 9.17) is 9.47 Å². The summed E-state index contributed by atoms with van der Waals surface area (Å²) in [7, 11) is 0. The van der Waals surface area contributed by atoms with Crippen LogP contribution in [0.25, 0.3) is 0 Å². The molecule has 0 unspecified atom stereocenters. The van der Waals surface area contributed by atoms with E-state index in [0.29, 0.717) is 30.0 Å². The largest absolute Gasteiger partial charge is 0.463 e. The summed E-state index contributed by atoms with van der Waals surface area (Å²) in [5, 5.41) is 0. The number of esters is 1. The third kappa shape index (κ3) is 2.38. The number of epoxide rings is 1. The van der Waals surface area contributed by atoms with Crippen molar-refractivity contribution in [2.24, 2.45) is 23.2 Å². The number of carbonyl (C=O) groups excluding carboxylic acids is 2.